The van der Waals surface area contributed by atoms with Crippen molar-refractivity contribution in [2.75, 3.05) is 13.2 Å². The van der Waals surface area contributed by atoms with E-state index in [1.165, 1.54) is 0 Å². The van der Waals surface area contributed by atoms with Crippen molar-refractivity contribution in [3.63, 3.8) is 0 Å². The van der Waals surface area contributed by atoms with Crippen LogP contribution in [-0.4, -0.2) is 42.0 Å². The molecule has 24 heavy (non-hydrogen) atoms. The molecule has 3 amide bonds. The molecule has 0 unspecified atom stereocenters. The van der Waals surface area contributed by atoms with Crippen LogP contribution in [0.3, 0.4) is 0 Å². The summed E-state index contributed by atoms with van der Waals surface area (Å²) in [6.45, 7) is 3.61. The molecule has 1 heterocycles. The van der Waals surface area contributed by atoms with Crippen molar-refractivity contribution in [3.05, 3.63) is 47.5 Å². The molecule has 1 aliphatic rings. The standard InChI is InChI=1S/C18H18N2O4/c1-11(2)19-18(23)24-10-9-20-16(21)13-7-3-5-12-6-4-8-14(15(12)13)17(20)22/h3-8,11H,9-10H2,1-2H3,(H,19,23). The molecule has 0 radical (unpaired) electrons. The Morgan fingerprint density at radius 2 is 1.67 bits per heavy atom. The Balaban J connectivity index is 1.79. The normalized spacial score (nSPS) is 13.5. The van der Waals surface area contributed by atoms with E-state index in [4.69, 9.17) is 4.74 Å². The number of imide groups is 1. The summed E-state index contributed by atoms with van der Waals surface area (Å²) in [4.78, 5) is 37.8. The highest BCUT2D eigenvalue weighted by atomic mass is 16.5. The summed E-state index contributed by atoms with van der Waals surface area (Å²) in [5, 5.41) is 4.13. The molecule has 0 bridgehead atoms. The van der Waals surface area contributed by atoms with Crippen LogP contribution in [0, 0.1) is 0 Å². The Morgan fingerprint density at radius 1 is 1.08 bits per heavy atom. The minimum absolute atomic E-state index is 0.0217. The minimum Gasteiger partial charge on any atom is -0.448 e. The lowest BCUT2D eigenvalue weighted by atomic mass is 9.94. The number of alkyl carbamates (subject to hydrolysis) is 1. The minimum atomic E-state index is -0.565. The van der Waals surface area contributed by atoms with Crippen LogP contribution < -0.4 is 5.32 Å². The Labute approximate surface area is 139 Å². The number of nitrogens with zero attached hydrogens (tertiary/aromatic N) is 1. The number of carbonyl (C=O) groups excluding carboxylic acids is 3. The van der Waals surface area contributed by atoms with Crippen LogP contribution in [0.25, 0.3) is 10.8 Å². The lowest BCUT2D eigenvalue weighted by Crippen LogP contribution is -2.43. The van der Waals surface area contributed by atoms with Gasteiger partial charge in [-0.3, -0.25) is 14.5 Å². The first kappa shape index (κ1) is 16.0. The fourth-order valence-electron chi connectivity index (χ4n) is 2.79. The first-order valence-electron chi connectivity index (χ1n) is 7.80. The van der Waals surface area contributed by atoms with Gasteiger partial charge in [0.25, 0.3) is 11.8 Å². The van der Waals surface area contributed by atoms with Gasteiger partial charge in [0.1, 0.15) is 6.61 Å². The molecule has 0 spiro atoms. The summed E-state index contributed by atoms with van der Waals surface area (Å²) >= 11 is 0. The predicted molar refractivity (Wildman–Crippen MR) is 88.9 cm³/mol. The van der Waals surface area contributed by atoms with Gasteiger partial charge in [0.05, 0.1) is 6.54 Å². The van der Waals surface area contributed by atoms with E-state index in [0.29, 0.717) is 16.5 Å². The van der Waals surface area contributed by atoms with Crippen molar-refractivity contribution in [1.29, 1.82) is 0 Å². The lowest BCUT2D eigenvalue weighted by Gasteiger charge is -2.27. The number of benzene rings is 2. The topological polar surface area (TPSA) is 75.7 Å². The number of hydrogen-bond donors (Lipinski definition) is 1. The van der Waals surface area contributed by atoms with Gasteiger partial charge in [-0.2, -0.15) is 0 Å². The average molecular weight is 326 g/mol. The Hall–Kier alpha value is -2.89. The molecule has 2 aromatic rings. The van der Waals surface area contributed by atoms with Gasteiger partial charge in [-0.05, 0) is 31.4 Å². The maximum Gasteiger partial charge on any atom is 0.407 e. The highest BCUT2D eigenvalue weighted by molar-refractivity contribution is 6.25. The van der Waals surface area contributed by atoms with E-state index in [9.17, 15) is 14.4 Å². The molecule has 0 fully saturated rings. The highest BCUT2D eigenvalue weighted by Gasteiger charge is 2.32. The van der Waals surface area contributed by atoms with Crippen molar-refractivity contribution >= 4 is 28.7 Å². The van der Waals surface area contributed by atoms with Gasteiger partial charge in [0.15, 0.2) is 0 Å². The predicted octanol–water partition coefficient (Wildman–Crippen LogP) is 2.57. The molecule has 0 saturated carbocycles. The summed E-state index contributed by atoms with van der Waals surface area (Å²) in [7, 11) is 0. The summed E-state index contributed by atoms with van der Waals surface area (Å²) in [6, 6.07) is 10.7. The van der Waals surface area contributed by atoms with Crippen molar-refractivity contribution < 1.29 is 19.1 Å². The third-order valence-electron chi connectivity index (χ3n) is 3.81. The first-order chi connectivity index (χ1) is 11.5. The van der Waals surface area contributed by atoms with E-state index < -0.39 is 6.09 Å². The summed E-state index contributed by atoms with van der Waals surface area (Å²) < 4.78 is 5.02. The zero-order chi connectivity index (χ0) is 17.3. The van der Waals surface area contributed by atoms with Crippen LogP contribution in [0.15, 0.2) is 36.4 Å². The second-order valence-electron chi connectivity index (χ2n) is 5.91. The molecule has 6 nitrogen and oxygen atoms in total. The second-order valence-corrected chi connectivity index (χ2v) is 5.91. The zero-order valence-corrected chi connectivity index (χ0v) is 13.5. The maximum absolute atomic E-state index is 12.6. The van der Waals surface area contributed by atoms with Crippen molar-refractivity contribution in [3.8, 4) is 0 Å². The van der Waals surface area contributed by atoms with E-state index in [0.717, 1.165) is 10.3 Å². The molecular formula is C18H18N2O4. The molecule has 1 N–H and O–H groups in total. The molecule has 2 aromatic carbocycles. The number of hydrogen-bond acceptors (Lipinski definition) is 4. The summed E-state index contributed by atoms with van der Waals surface area (Å²) in [5.41, 5.74) is 0.990. The van der Waals surface area contributed by atoms with Crippen molar-refractivity contribution in [2.24, 2.45) is 0 Å². The van der Waals surface area contributed by atoms with Gasteiger partial charge >= 0.3 is 6.09 Å². The molecule has 0 atom stereocenters. The van der Waals surface area contributed by atoms with Crippen molar-refractivity contribution in [1.82, 2.24) is 10.2 Å². The third kappa shape index (κ3) is 2.82. The van der Waals surface area contributed by atoms with Crippen LogP contribution in [0.4, 0.5) is 4.79 Å². The van der Waals surface area contributed by atoms with E-state index in [1.54, 1.807) is 24.3 Å². The molecule has 124 valence electrons. The molecule has 3 rings (SSSR count). The lowest BCUT2D eigenvalue weighted by molar-refractivity contribution is 0.0561. The monoisotopic (exact) mass is 326 g/mol. The van der Waals surface area contributed by atoms with E-state index >= 15 is 0 Å². The zero-order valence-electron chi connectivity index (χ0n) is 13.5. The van der Waals surface area contributed by atoms with Crippen LogP contribution >= 0.6 is 0 Å². The average Bonchev–Trinajstić information content (AvgIpc) is 2.55. The number of rotatable bonds is 4. The Bertz CT molecular complexity index is 778. The number of ether oxygens (including phenoxy) is 1. The van der Waals surface area contributed by atoms with Gasteiger partial charge in [-0.25, -0.2) is 4.79 Å². The molecule has 1 aliphatic heterocycles. The van der Waals surface area contributed by atoms with Gasteiger partial charge in [0, 0.05) is 22.6 Å². The van der Waals surface area contributed by atoms with Gasteiger partial charge in [0.2, 0.25) is 0 Å². The van der Waals surface area contributed by atoms with Crippen LogP contribution in [0.5, 0.6) is 0 Å². The fourth-order valence-corrected chi connectivity index (χ4v) is 2.79. The smallest absolute Gasteiger partial charge is 0.407 e. The largest absolute Gasteiger partial charge is 0.448 e. The first-order valence-corrected chi connectivity index (χ1v) is 7.80. The summed E-state index contributed by atoms with van der Waals surface area (Å²) in [5.74, 6) is -0.727. The molecule has 0 saturated heterocycles. The van der Waals surface area contributed by atoms with E-state index in [2.05, 4.69) is 5.32 Å². The number of nitrogens with one attached hydrogen (secondary N) is 1. The number of carbonyl (C=O) groups is 3. The summed E-state index contributed by atoms with van der Waals surface area (Å²) in [6.07, 6.45) is -0.565. The second kappa shape index (κ2) is 6.31. The molecule has 0 aromatic heterocycles. The Morgan fingerprint density at radius 3 is 2.21 bits per heavy atom. The fraction of sp³-hybridized carbons (Fsp3) is 0.278. The van der Waals surface area contributed by atoms with Gasteiger partial charge in [-0.15, -0.1) is 0 Å². The molecule has 6 heteroatoms. The SMILES string of the molecule is CC(C)NC(=O)OCCN1C(=O)c2cccc3cccc(c23)C1=O. The van der Waals surface area contributed by atoms with E-state index in [-0.39, 0.29) is 31.0 Å². The van der Waals surface area contributed by atoms with Crippen LogP contribution in [0.2, 0.25) is 0 Å². The highest BCUT2D eigenvalue weighted by Crippen LogP contribution is 2.29. The van der Waals surface area contributed by atoms with Gasteiger partial charge in [-0.1, -0.05) is 24.3 Å². The van der Waals surface area contributed by atoms with Crippen molar-refractivity contribution in [2.45, 2.75) is 19.9 Å². The van der Waals surface area contributed by atoms with Crippen LogP contribution in [-0.2, 0) is 4.74 Å². The molecule has 0 aliphatic carbocycles. The maximum atomic E-state index is 12.6. The van der Waals surface area contributed by atoms with E-state index in [1.807, 2.05) is 26.0 Å². The quantitative estimate of drug-likeness (QED) is 0.876. The van der Waals surface area contributed by atoms with Crippen LogP contribution in [0.1, 0.15) is 34.6 Å². The Kier molecular flexibility index (Phi) is 4.20. The van der Waals surface area contributed by atoms with Gasteiger partial charge < -0.3 is 10.1 Å². The molecular weight excluding hydrogens is 308 g/mol. The third-order valence-corrected chi connectivity index (χ3v) is 3.81. The number of amides is 3.